The summed E-state index contributed by atoms with van der Waals surface area (Å²) in [5, 5.41) is 11.3. The minimum Gasteiger partial charge on any atom is -0.497 e. The summed E-state index contributed by atoms with van der Waals surface area (Å²) in [7, 11) is 0. The van der Waals surface area contributed by atoms with Gasteiger partial charge in [-0.05, 0) is 41.0 Å². The predicted molar refractivity (Wildman–Crippen MR) is 97.7 cm³/mol. The molecule has 0 saturated heterocycles. The summed E-state index contributed by atoms with van der Waals surface area (Å²) in [5.41, 5.74) is 1.22. The lowest BCUT2D eigenvalue weighted by molar-refractivity contribution is -0.137. The molecule has 0 amide bonds. The van der Waals surface area contributed by atoms with Gasteiger partial charge in [-0.15, -0.1) is 0 Å². The van der Waals surface area contributed by atoms with E-state index in [0.29, 0.717) is 17.5 Å². The lowest BCUT2D eigenvalue weighted by Gasteiger charge is -2.09. The molecule has 0 aliphatic heterocycles. The topological polar surface area (TPSA) is 33.0 Å². The van der Waals surface area contributed by atoms with Crippen LogP contribution in [0, 0.1) is 11.3 Å². The van der Waals surface area contributed by atoms with Crippen LogP contribution in [0.5, 0.6) is 0 Å². The molecule has 3 rings (SSSR count). The van der Waals surface area contributed by atoms with Crippen LogP contribution in [-0.2, 0) is 23.9 Å². The Morgan fingerprint density at radius 1 is 1.00 bits per heavy atom. The van der Waals surface area contributed by atoms with Crippen molar-refractivity contribution >= 4 is 10.8 Å². The third kappa shape index (κ3) is 4.48. The lowest BCUT2D eigenvalue weighted by atomic mass is 10.0. The molecule has 0 atom stereocenters. The van der Waals surface area contributed by atoms with Crippen molar-refractivity contribution in [3.63, 3.8) is 0 Å². The summed E-state index contributed by atoms with van der Waals surface area (Å²) in [6.45, 7) is 0.212. The van der Waals surface area contributed by atoms with E-state index in [9.17, 15) is 18.4 Å². The van der Waals surface area contributed by atoms with Crippen LogP contribution in [0.4, 0.5) is 13.2 Å². The maximum absolute atomic E-state index is 12.7. The van der Waals surface area contributed by atoms with E-state index in [-0.39, 0.29) is 6.61 Å². The van der Waals surface area contributed by atoms with Crippen LogP contribution in [0.1, 0.15) is 22.3 Å². The first kappa shape index (κ1) is 18.5. The Hall–Kier alpha value is -3.26. The van der Waals surface area contributed by atoms with Gasteiger partial charge >= 0.3 is 6.18 Å². The van der Waals surface area contributed by atoms with Gasteiger partial charge in [-0.1, -0.05) is 48.5 Å². The van der Waals surface area contributed by atoms with Crippen molar-refractivity contribution in [2.45, 2.75) is 19.2 Å². The second-order valence-electron chi connectivity index (χ2n) is 6.01. The number of alkyl halides is 3. The fourth-order valence-corrected chi connectivity index (χ4v) is 2.85. The molecule has 3 aromatic carbocycles. The smallest absolute Gasteiger partial charge is 0.416 e. The van der Waals surface area contributed by atoms with Crippen LogP contribution in [0.25, 0.3) is 10.8 Å². The fourth-order valence-electron chi connectivity index (χ4n) is 2.85. The van der Waals surface area contributed by atoms with Gasteiger partial charge in [-0.3, -0.25) is 0 Å². The number of halogens is 3. The Bertz CT molecular complexity index is 1020. The van der Waals surface area contributed by atoms with Crippen molar-refractivity contribution < 1.29 is 17.9 Å². The summed E-state index contributed by atoms with van der Waals surface area (Å²) >= 11 is 0. The molecule has 27 heavy (non-hydrogen) atoms. The van der Waals surface area contributed by atoms with E-state index >= 15 is 0 Å². The molecule has 0 aliphatic carbocycles. The number of hydrogen-bond donors (Lipinski definition) is 0. The summed E-state index contributed by atoms with van der Waals surface area (Å²) in [6.07, 6.45) is -0.904. The molecular weight excluding hydrogens is 351 g/mol. The minimum atomic E-state index is -4.35. The van der Waals surface area contributed by atoms with Crippen molar-refractivity contribution in [1.82, 2.24) is 0 Å². The van der Waals surface area contributed by atoms with E-state index in [1.54, 1.807) is 18.2 Å². The lowest BCUT2D eigenvalue weighted by Crippen LogP contribution is -2.04. The van der Waals surface area contributed by atoms with Crippen LogP contribution >= 0.6 is 0 Å². The third-order valence-corrected chi connectivity index (χ3v) is 4.19. The molecule has 0 N–H and O–H groups in total. The standard InChI is InChI=1S/C22H16F3NO/c23-22(24,25)19-8-3-5-16(13-19)6-4-12-27-15-21-18(14-26)11-10-17-7-1-2-9-20(17)21/h1-5,7-13H,6,15H2/b12-4+. The van der Waals surface area contributed by atoms with Crippen molar-refractivity contribution in [3.8, 4) is 6.07 Å². The summed E-state index contributed by atoms with van der Waals surface area (Å²) in [5.74, 6) is 0. The number of nitrogens with zero attached hydrogens (tertiary/aromatic N) is 1. The van der Waals surface area contributed by atoms with E-state index in [2.05, 4.69) is 6.07 Å². The first-order valence-electron chi connectivity index (χ1n) is 8.32. The van der Waals surface area contributed by atoms with Crippen LogP contribution in [0.3, 0.4) is 0 Å². The Morgan fingerprint density at radius 3 is 2.59 bits per heavy atom. The number of hydrogen-bond acceptors (Lipinski definition) is 2. The first-order valence-corrected chi connectivity index (χ1v) is 8.32. The molecule has 0 aliphatic rings. The zero-order valence-electron chi connectivity index (χ0n) is 14.3. The Balaban J connectivity index is 1.67. The number of rotatable bonds is 5. The zero-order valence-corrected chi connectivity index (χ0v) is 14.3. The summed E-state index contributed by atoms with van der Waals surface area (Å²) in [6, 6.07) is 18.7. The second kappa shape index (κ2) is 7.96. The van der Waals surface area contributed by atoms with Crippen LogP contribution in [0.2, 0.25) is 0 Å². The fraction of sp³-hybridized carbons (Fsp3) is 0.136. The maximum atomic E-state index is 12.7. The van der Waals surface area contributed by atoms with Gasteiger partial charge < -0.3 is 4.74 Å². The molecule has 136 valence electrons. The Kier molecular flexibility index (Phi) is 5.46. The van der Waals surface area contributed by atoms with Gasteiger partial charge in [0.25, 0.3) is 0 Å². The number of ether oxygens (including phenoxy) is 1. The molecule has 0 spiro atoms. The van der Waals surface area contributed by atoms with E-state index in [1.165, 1.54) is 12.3 Å². The highest BCUT2D eigenvalue weighted by atomic mass is 19.4. The van der Waals surface area contributed by atoms with Crippen LogP contribution in [0.15, 0.2) is 73.0 Å². The van der Waals surface area contributed by atoms with Crippen LogP contribution < -0.4 is 0 Å². The molecule has 0 aromatic heterocycles. The molecule has 0 fully saturated rings. The van der Waals surface area contributed by atoms with Gasteiger partial charge in [0.2, 0.25) is 0 Å². The van der Waals surface area contributed by atoms with Gasteiger partial charge in [-0.25, -0.2) is 0 Å². The van der Waals surface area contributed by atoms with Crippen LogP contribution in [-0.4, -0.2) is 0 Å². The average Bonchev–Trinajstić information content (AvgIpc) is 2.67. The SMILES string of the molecule is N#Cc1ccc2ccccc2c1CO/C=C/Cc1cccc(C(F)(F)F)c1. The van der Waals surface area contributed by atoms with Gasteiger partial charge in [0, 0.05) is 5.56 Å². The largest absolute Gasteiger partial charge is 0.497 e. The molecule has 0 bridgehead atoms. The highest BCUT2D eigenvalue weighted by Crippen LogP contribution is 2.29. The Labute approximate surface area is 155 Å². The average molecular weight is 367 g/mol. The van der Waals surface area contributed by atoms with E-state index in [0.717, 1.165) is 28.5 Å². The minimum absolute atomic E-state index is 0.212. The van der Waals surface area contributed by atoms with Gasteiger partial charge in [0.15, 0.2) is 0 Å². The zero-order chi connectivity index (χ0) is 19.3. The molecule has 0 unspecified atom stereocenters. The molecule has 0 radical (unpaired) electrons. The summed E-state index contributed by atoms with van der Waals surface area (Å²) < 4.78 is 43.7. The quantitative estimate of drug-likeness (QED) is 0.518. The molecule has 5 heteroatoms. The van der Waals surface area contributed by atoms with Crippen molar-refractivity contribution in [2.75, 3.05) is 0 Å². The number of fused-ring (bicyclic) bond motifs is 1. The molecular formula is C22H16F3NO. The molecule has 0 heterocycles. The predicted octanol–water partition coefficient (Wildman–Crippen LogP) is 6.00. The van der Waals surface area contributed by atoms with Crippen molar-refractivity contribution in [3.05, 3.63) is 95.3 Å². The maximum Gasteiger partial charge on any atom is 0.416 e. The third-order valence-electron chi connectivity index (χ3n) is 4.19. The number of allylic oxidation sites excluding steroid dienone is 1. The van der Waals surface area contributed by atoms with Crippen molar-refractivity contribution in [1.29, 1.82) is 5.26 Å². The second-order valence-corrected chi connectivity index (χ2v) is 6.01. The normalized spacial score (nSPS) is 11.6. The van der Waals surface area contributed by atoms with E-state index in [1.807, 2.05) is 30.3 Å². The monoisotopic (exact) mass is 367 g/mol. The van der Waals surface area contributed by atoms with Gasteiger partial charge in [0.1, 0.15) is 6.61 Å². The van der Waals surface area contributed by atoms with Gasteiger partial charge in [-0.2, -0.15) is 18.4 Å². The highest BCUT2D eigenvalue weighted by molar-refractivity contribution is 5.87. The van der Waals surface area contributed by atoms with E-state index in [4.69, 9.17) is 4.74 Å². The molecule has 0 saturated carbocycles. The number of nitriles is 1. The first-order chi connectivity index (χ1) is 13.0. The molecule has 2 nitrogen and oxygen atoms in total. The Morgan fingerprint density at radius 2 is 1.81 bits per heavy atom. The van der Waals surface area contributed by atoms with Crippen molar-refractivity contribution in [2.24, 2.45) is 0 Å². The number of benzene rings is 3. The molecule has 3 aromatic rings. The van der Waals surface area contributed by atoms with E-state index < -0.39 is 11.7 Å². The highest BCUT2D eigenvalue weighted by Gasteiger charge is 2.30. The summed E-state index contributed by atoms with van der Waals surface area (Å²) in [4.78, 5) is 0. The van der Waals surface area contributed by atoms with Gasteiger partial charge in [0.05, 0.1) is 23.5 Å².